The van der Waals surface area contributed by atoms with Gasteiger partial charge in [-0.25, -0.2) is 4.79 Å². The topological polar surface area (TPSA) is 78.9 Å². The van der Waals surface area contributed by atoms with Gasteiger partial charge >= 0.3 is 12.1 Å². The summed E-state index contributed by atoms with van der Waals surface area (Å²) < 4.78 is 37.5. The highest BCUT2D eigenvalue weighted by molar-refractivity contribution is 7.09. The van der Waals surface area contributed by atoms with E-state index in [4.69, 9.17) is 14.6 Å². The van der Waals surface area contributed by atoms with Crippen molar-refractivity contribution in [1.29, 1.82) is 0 Å². The molecular weight excluding hydrogens is 409 g/mol. The Morgan fingerprint density at radius 3 is 2.69 bits per heavy atom. The van der Waals surface area contributed by atoms with Crippen LogP contribution >= 0.6 is 11.3 Å². The number of halogens is 3. The first-order chi connectivity index (χ1) is 13.7. The number of rotatable bonds is 6. The van der Waals surface area contributed by atoms with Gasteiger partial charge in [0.25, 0.3) is 0 Å². The van der Waals surface area contributed by atoms with E-state index in [-0.39, 0.29) is 11.3 Å². The van der Waals surface area contributed by atoms with Crippen LogP contribution in [0.2, 0.25) is 0 Å². The van der Waals surface area contributed by atoms with Crippen molar-refractivity contribution in [3.8, 4) is 0 Å². The predicted octanol–water partition coefficient (Wildman–Crippen LogP) is 2.75. The van der Waals surface area contributed by atoms with E-state index in [9.17, 15) is 18.0 Å². The van der Waals surface area contributed by atoms with E-state index < -0.39 is 12.1 Å². The highest BCUT2D eigenvalue weighted by Crippen LogP contribution is 2.41. The Kier molecular flexibility index (Phi) is 6.85. The van der Waals surface area contributed by atoms with E-state index in [1.165, 1.54) is 17.7 Å². The quantitative estimate of drug-likeness (QED) is 0.720. The van der Waals surface area contributed by atoms with Gasteiger partial charge in [-0.1, -0.05) is 6.07 Å². The van der Waals surface area contributed by atoms with Crippen molar-refractivity contribution in [2.45, 2.75) is 32.0 Å². The molecule has 2 N–H and O–H groups in total. The van der Waals surface area contributed by atoms with Crippen molar-refractivity contribution in [2.24, 2.45) is 17.3 Å². The van der Waals surface area contributed by atoms with Crippen LogP contribution in [-0.4, -0.2) is 60.9 Å². The molecule has 3 heterocycles. The van der Waals surface area contributed by atoms with E-state index in [1.54, 1.807) is 0 Å². The summed E-state index contributed by atoms with van der Waals surface area (Å²) in [5, 5.41) is 12.5. The number of carboxylic acid groups (broad SMARTS) is 1. The molecule has 29 heavy (non-hydrogen) atoms. The van der Waals surface area contributed by atoms with Crippen molar-refractivity contribution in [2.75, 3.05) is 32.8 Å². The summed E-state index contributed by atoms with van der Waals surface area (Å²) in [6.07, 6.45) is -1.89. The van der Waals surface area contributed by atoms with Crippen LogP contribution in [0.1, 0.15) is 24.1 Å². The third kappa shape index (κ3) is 6.16. The van der Waals surface area contributed by atoms with Crippen LogP contribution in [-0.2, 0) is 20.9 Å². The third-order valence-corrected chi connectivity index (χ3v) is 6.46. The molecule has 3 aliphatic rings. The molecular formula is C19H25F3N2O4S. The van der Waals surface area contributed by atoms with Gasteiger partial charge in [0.2, 0.25) is 5.91 Å². The number of nitrogens with one attached hydrogen (secondary N) is 1. The molecule has 1 amide bonds. The zero-order valence-corrected chi connectivity index (χ0v) is 16.7. The predicted molar refractivity (Wildman–Crippen MR) is 100 cm³/mol. The van der Waals surface area contributed by atoms with E-state index in [0.29, 0.717) is 11.8 Å². The molecule has 1 saturated carbocycles. The van der Waals surface area contributed by atoms with Crippen molar-refractivity contribution >= 4 is 23.2 Å². The molecule has 162 valence electrons. The molecule has 0 radical (unpaired) electrons. The maximum atomic E-state index is 12.0. The first-order valence-corrected chi connectivity index (χ1v) is 10.5. The highest BCUT2D eigenvalue weighted by atomic mass is 32.1. The summed E-state index contributed by atoms with van der Waals surface area (Å²) in [5.74, 6) is -1.30. The summed E-state index contributed by atoms with van der Waals surface area (Å²) in [6.45, 7) is 5.59. The van der Waals surface area contributed by atoms with Gasteiger partial charge in [0.15, 0.2) is 0 Å². The van der Waals surface area contributed by atoms with Gasteiger partial charge in [0.05, 0.1) is 13.2 Å². The number of nitrogens with zero attached hydrogens (tertiary/aromatic N) is 1. The van der Waals surface area contributed by atoms with E-state index >= 15 is 0 Å². The maximum Gasteiger partial charge on any atom is 0.490 e. The maximum absolute atomic E-state index is 12.0. The Labute approximate surface area is 171 Å². The van der Waals surface area contributed by atoms with Crippen molar-refractivity contribution in [3.05, 3.63) is 22.4 Å². The average Bonchev–Trinajstić information content (AvgIpc) is 3.03. The van der Waals surface area contributed by atoms with Crippen LogP contribution in [0.4, 0.5) is 13.2 Å². The minimum absolute atomic E-state index is 0.135. The van der Waals surface area contributed by atoms with Crippen molar-refractivity contribution < 1.29 is 32.6 Å². The number of hydrogen-bond donors (Lipinski definition) is 2. The molecule has 6 nitrogen and oxygen atoms in total. The molecule has 1 aliphatic carbocycles. The number of hydrogen-bond acceptors (Lipinski definition) is 5. The molecule has 2 atom stereocenters. The Morgan fingerprint density at radius 2 is 2.10 bits per heavy atom. The fourth-order valence-corrected chi connectivity index (χ4v) is 4.61. The molecule has 0 aromatic carbocycles. The summed E-state index contributed by atoms with van der Waals surface area (Å²) in [6, 6.07) is 4.33. The minimum Gasteiger partial charge on any atom is -0.475 e. The number of likely N-dealkylation sites (tertiary alicyclic amines) is 1. The van der Waals surface area contributed by atoms with Crippen molar-refractivity contribution in [1.82, 2.24) is 10.2 Å². The van der Waals surface area contributed by atoms with Gasteiger partial charge in [-0.15, -0.1) is 11.3 Å². The second-order valence-electron chi connectivity index (χ2n) is 8.05. The van der Waals surface area contributed by atoms with Crippen LogP contribution in [0.15, 0.2) is 17.5 Å². The molecule has 0 spiro atoms. The number of carbonyl (C=O) groups is 2. The van der Waals surface area contributed by atoms with E-state index in [1.807, 2.05) is 11.3 Å². The minimum atomic E-state index is -5.08. The lowest BCUT2D eigenvalue weighted by atomic mass is 9.81. The first kappa shape index (κ1) is 22.0. The summed E-state index contributed by atoms with van der Waals surface area (Å²) in [7, 11) is 0. The van der Waals surface area contributed by atoms with Gasteiger partial charge in [0, 0.05) is 48.8 Å². The van der Waals surface area contributed by atoms with Crippen molar-refractivity contribution in [3.63, 3.8) is 0 Å². The lowest BCUT2D eigenvalue weighted by Crippen LogP contribution is -2.43. The lowest BCUT2D eigenvalue weighted by molar-refractivity contribution is -0.192. The molecule has 10 heteroatoms. The zero-order chi connectivity index (χ0) is 21.1. The molecule has 3 fully saturated rings. The number of fused-ring (bicyclic) bond motifs is 1. The normalized spacial score (nSPS) is 26.5. The lowest BCUT2D eigenvalue weighted by Gasteiger charge is -2.27. The molecule has 1 aromatic heterocycles. The number of amides is 1. The number of aliphatic carboxylic acids is 1. The Morgan fingerprint density at radius 1 is 1.38 bits per heavy atom. The molecule has 0 bridgehead atoms. The molecule has 4 rings (SSSR count). The second kappa shape index (κ2) is 9.01. The number of alkyl halides is 3. The van der Waals surface area contributed by atoms with Crippen LogP contribution in [0.25, 0.3) is 0 Å². The summed E-state index contributed by atoms with van der Waals surface area (Å²) in [5.41, 5.74) is 0.135. The number of carbonyl (C=O) groups excluding carboxylic acids is 1. The second-order valence-corrected chi connectivity index (χ2v) is 9.08. The number of carboxylic acids is 1. The average molecular weight is 434 g/mol. The number of thiophene rings is 1. The SMILES string of the molecule is O=C(CC1CC1)NC[C@]12COC[C@H]1CN(Cc1cccs1)C2.O=C(O)C(F)(F)F. The van der Waals surface area contributed by atoms with Gasteiger partial charge in [-0.2, -0.15) is 13.2 Å². The monoisotopic (exact) mass is 434 g/mol. The van der Waals surface area contributed by atoms with Gasteiger partial charge in [-0.3, -0.25) is 9.69 Å². The number of ether oxygens (including phenoxy) is 1. The van der Waals surface area contributed by atoms with Crippen LogP contribution in [0.5, 0.6) is 0 Å². The van der Waals surface area contributed by atoms with Crippen LogP contribution in [0.3, 0.4) is 0 Å². The Hall–Kier alpha value is -1.65. The molecule has 1 aromatic rings. The fraction of sp³-hybridized carbons (Fsp3) is 0.684. The van der Waals surface area contributed by atoms with Crippen LogP contribution < -0.4 is 5.32 Å². The smallest absolute Gasteiger partial charge is 0.475 e. The Bertz CT molecular complexity index is 709. The zero-order valence-electron chi connectivity index (χ0n) is 15.9. The van der Waals surface area contributed by atoms with E-state index in [0.717, 1.165) is 45.8 Å². The van der Waals surface area contributed by atoms with Gasteiger partial charge < -0.3 is 15.2 Å². The largest absolute Gasteiger partial charge is 0.490 e. The van der Waals surface area contributed by atoms with E-state index in [2.05, 4.69) is 27.7 Å². The summed E-state index contributed by atoms with van der Waals surface area (Å²) >= 11 is 1.83. The van der Waals surface area contributed by atoms with Gasteiger partial charge in [-0.05, 0) is 30.2 Å². The first-order valence-electron chi connectivity index (χ1n) is 9.57. The third-order valence-electron chi connectivity index (χ3n) is 5.60. The Balaban J connectivity index is 0.000000298. The molecule has 2 saturated heterocycles. The fourth-order valence-electron chi connectivity index (χ4n) is 3.87. The molecule has 0 unspecified atom stereocenters. The highest BCUT2D eigenvalue weighted by Gasteiger charge is 2.50. The standard InChI is InChI=1S/C17H24N2O2S.C2HF3O2/c20-16(6-13-3-4-13)18-10-17-11-19(7-14(17)9-21-12-17)8-15-2-1-5-22-15;3-2(4,5)1(6)7/h1-2,5,13-14H,3-4,6-12H2,(H,18,20);(H,6,7)/t14-,17+;/m1./s1. The molecule has 2 aliphatic heterocycles. The summed E-state index contributed by atoms with van der Waals surface area (Å²) in [4.78, 5) is 24.9. The van der Waals surface area contributed by atoms with Crippen LogP contribution in [0, 0.1) is 17.3 Å². The van der Waals surface area contributed by atoms with Gasteiger partial charge in [0.1, 0.15) is 0 Å².